The summed E-state index contributed by atoms with van der Waals surface area (Å²) in [6, 6.07) is 4.82. The highest BCUT2D eigenvalue weighted by Crippen LogP contribution is 2.26. The van der Waals surface area contributed by atoms with Crippen LogP contribution in [0.15, 0.2) is 22.7 Å². The second kappa shape index (κ2) is 10.5. The fraction of sp³-hybridized carbons (Fsp3) is 0.522. The third-order valence-corrected chi connectivity index (χ3v) is 5.93. The fourth-order valence-electron chi connectivity index (χ4n) is 3.80. The van der Waals surface area contributed by atoms with Crippen LogP contribution >= 0.6 is 15.9 Å². The van der Waals surface area contributed by atoms with Crippen LogP contribution in [0.5, 0.6) is 0 Å². The number of ether oxygens (including phenoxy) is 1. The number of rotatable bonds is 5. The molecule has 2 aliphatic heterocycles. The van der Waals surface area contributed by atoms with Gasteiger partial charge in [-0.1, -0.05) is 15.9 Å². The number of nitrogens with one attached hydrogen (secondary N) is 1. The molecule has 1 N–H and O–H groups in total. The molecule has 0 bridgehead atoms. The standard InChI is InChI=1S/C23H29BrN4O6/c1-23(2,3)34-22(33)25-8-7-18(29)26-9-4-10-27(12-11-26)19(30)14-28-20(31)16-6-5-15(24)13-17(16)21(28)32/h5-6,13H,4,7-12,14H2,1-3H3,(H,25,33). The van der Waals surface area contributed by atoms with E-state index in [1.807, 2.05) is 0 Å². The molecule has 1 fully saturated rings. The number of hydrogen-bond acceptors (Lipinski definition) is 6. The van der Waals surface area contributed by atoms with E-state index in [1.165, 1.54) is 0 Å². The number of benzene rings is 1. The molecule has 11 heteroatoms. The van der Waals surface area contributed by atoms with Crippen LogP contribution < -0.4 is 5.32 Å². The van der Waals surface area contributed by atoms with Crippen molar-refractivity contribution >= 4 is 45.7 Å². The van der Waals surface area contributed by atoms with Crippen LogP contribution in [-0.4, -0.2) is 89.3 Å². The Hall–Kier alpha value is -2.95. The largest absolute Gasteiger partial charge is 0.444 e. The van der Waals surface area contributed by atoms with Crippen molar-refractivity contribution in [3.05, 3.63) is 33.8 Å². The Morgan fingerprint density at radius 2 is 1.59 bits per heavy atom. The van der Waals surface area contributed by atoms with E-state index in [4.69, 9.17) is 4.74 Å². The number of alkyl carbamates (subject to hydrolysis) is 1. The minimum atomic E-state index is -0.612. The molecule has 10 nitrogen and oxygen atoms in total. The molecule has 1 saturated heterocycles. The van der Waals surface area contributed by atoms with E-state index < -0.39 is 23.5 Å². The molecule has 34 heavy (non-hydrogen) atoms. The van der Waals surface area contributed by atoms with Crippen LogP contribution in [0.3, 0.4) is 0 Å². The molecule has 0 saturated carbocycles. The quantitative estimate of drug-likeness (QED) is 0.575. The van der Waals surface area contributed by atoms with Crippen LogP contribution in [0.4, 0.5) is 4.79 Å². The van der Waals surface area contributed by atoms with E-state index in [0.29, 0.717) is 37.1 Å². The Bertz CT molecular complexity index is 1010. The van der Waals surface area contributed by atoms with Crippen LogP contribution in [0.2, 0.25) is 0 Å². The van der Waals surface area contributed by atoms with Crippen molar-refractivity contribution in [2.75, 3.05) is 39.3 Å². The molecular weight excluding hydrogens is 508 g/mol. The predicted octanol–water partition coefficient (Wildman–Crippen LogP) is 2.02. The molecule has 0 aliphatic carbocycles. The van der Waals surface area contributed by atoms with Crippen LogP contribution in [0.1, 0.15) is 54.3 Å². The SMILES string of the molecule is CC(C)(C)OC(=O)NCCC(=O)N1CCCN(C(=O)CN2C(=O)c3ccc(Br)cc3C2=O)CC1. The van der Waals surface area contributed by atoms with Crippen molar-refractivity contribution < 1.29 is 28.7 Å². The molecule has 3 rings (SSSR count). The van der Waals surface area contributed by atoms with Crippen molar-refractivity contribution in [3.63, 3.8) is 0 Å². The molecular formula is C23H29BrN4O6. The average Bonchev–Trinajstić information content (AvgIpc) is 2.92. The van der Waals surface area contributed by atoms with E-state index in [0.717, 1.165) is 4.90 Å². The first-order chi connectivity index (χ1) is 16.0. The molecule has 1 aromatic rings. The van der Waals surface area contributed by atoms with Gasteiger partial charge in [-0.3, -0.25) is 24.1 Å². The lowest BCUT2D eigenvalue weighted by Gasteiger charge is -2.24. The van der Waals surface area contributed by atoms with Crippen LogP contribution in [0.25, 0.3) is 0 Å². The molecule has 0 spiro atoms. The minimum Gasteiger partial charge on any atom is -0.444 e. The normalized spacial score (nSPS) is 16.3. The lowest BCUT2D eigenvalue weighted by atomic mass is 10.1. The van der Waals surface area contributed by atoms with Crippen LogP contribution in [-0.2, 0) is 14.3 Å². The zero-order chi connectivity index (χ0) is 25.0. The van der Waals surface area contributed by atoms with Gasteiger partial charge in [-0.05, 0) is 45.4 Å². The molecule has 0 radical (unpaired) electrons. The summed E-state index contributed by atoms with van der Waals surface area (Å²) < 4.78 is 5.83. The van der Waals surface area contributed by atoms with E-state index >= 15 is 0 Å². The van der Waals surface area contributed by atoms with E-state index in [-0.39, 0.29) is 42.5 Å². The maximum Gasteiger partial charge on any atom is 0.407 e. The number of nitrogens with zero attached hydrogens (tertiary/aromatic N) is 3. The van der Waals surface area contributed by atoms with Gasteiger partial charge in [-0.15, -0.1) is 0 Å². The molecule has 5 amide bonds. The number of carbonyl (C=O) groups excluding carboxylic acids is 5. The maximum absolute atomic E-state index is 12.9. The Morgan fingerprint density at radius 3 is 2.24 bits per heavy atom. The van der Waals surface area contributed by atoms with Crippen molar-refractivity contribution in [3.8, 4) is 0 Å². The molecule has 1 aromatic carbocycles. The first-order valence-corrected chi connectivity index (χ1v) is 11.9. The van der Waals surface area contributed by atoms with E-state index in [2.05, 4.69) is 21.2 Å². The van der Waals surface area contributed by atoms with Gasteiger partial charge >= 0.3 is 6.09 Å². The number of halogens is 1. The highest BCUT2D eigenvalue weighted by atomic mass is 79.9. The zero-order valence-corrected chi connectivity index (χ0v) is 21.1. The molecule has 0 aromatic heterocycles. The summed E-state index contributed by atoms with van der Waals surface area (Å²) in [7, 11) is 0. The highest BCUT2D eigenvalue weighted by molar-refractivity contribution is 9.10. The molecule has 2 aliphatic rings. The Kier molecular flexibility index (Phi) is 7.96. The monoisotopic (exact) mass is 536 g/mol. The Balaban J connectivity index is 1.48. The first-order valence-electron chi connectivity index (χ1n) is 11.1. The fourth-order valence-corrected chi connectivity index (χ4v) is 4.16. The number of imide groups is 1. The van der Waals surface area contributed by atoms with Gasteiger partial charge in [0.25, 0.3) is 11.8 Å². The third-order valence-electron chi connectivity index (χ3n) is 5.43. The molecule has 0 atom stereocenters. The van der Waals surface area contributed by atoms with Crippen molar-refractivity contribution in [1.29, 1.82) is 0 Å². The van der Waals surface area contributed by atoms with Gasteiger partial charge in [-0.25, -0.2) is 4.79 Å². The lowest BCUT2D eigenvalue weighted by Crippen LogP contribution is -2.44. The third kappa shape index (κ3) is 6.34. The number of carbonyl (C=O) groups is 5. The minimum absolute atomic E-state index is 0.123. The lowest BCUT2D eigenvalue weighted by molar-refractivity contribution is -0.133. The first kappa shape index (κ1) is 25.7. The summed E-state index contributed by atoms with van der Waals surface area (Å²) in [6.07, 6.45) is 0.123. The Labute approximate surface area is 206 Å². The topological polar surface area (TPSA) is 116 Å². The maximum atomic E-state index is 12.9. The number of amides is 5. The van der Waals surface area contributed by atoms with Gasteiger partial charge in [0.05, 0.1) is 11.1 Å². The van der Waals surface area contributed by atoms with Crippen molar-refractivity contribution in [2.45, 2.75) is 39.2 Å². The molecule has 184 valence electrons. The van der Waals surface area contributed by atoms with Crippen molar-refractivity contribution in [1.82, 2.24) is 20.0 Å². The van der Waals surface area contributed by atoms with E-state index in [9.17, 15) is 24.0 Å². The molecule has 2 heterocycles. The predicted molar refractivity (Wildman–Crippen MR) is 126 cm³/mol. The van der Waals surface area contributed by atoms with E-state index in [1.54, 1.807) is 48.8 Å². The van der Waals surface area contributed by atoms with Gasteiger partial charge in [0.1, 0.15) is 12.1 Å². The van der Waals surface area contributed by atoms with Gasteiger partial charge in [0, 0.05) is 43.6 Å². The van der Waals surface area contributed by atoms with Crippen molar-refractivity contribution in [2.24, 2.45) is 0 Å². The summed E-state index contributed by atoms with van der Waals surface area (Å²) in [4.78, 5) is 66.5. The smallest absolute Gasteiger partial charge is 0.407 e. The average molecular weight is 537 g/mol. The highest BCUT2D eigenvalue weighted by Gasteiger charge is 2.37. The summed E-state index contributed by atoms with van der Waals surface area (Å²) in [6.45, 7) is 6.65. The van der Waals surface area contributed by atoms with Crippen LogP contribution in [0, 0.1) is 0 Å². The Morgan fingerprint density at radius 1 is 0.971 bits per heavy atom. The number of hydrogen-bond donors (Lipinski definition) is 1. The summed E-state index contributed by atoms with van der Waals surface area (Å²) in [5.41, 5.74) is -0.0489. The summed E-state index contributed by atoms with van der Waals surface area (Å²) in [5.74, 6) is -1.44. The zero-order valence-electron chi connectivity index (χ0n) is 19.6. The second-order valence-electron chi connectivity index (χ2n) is 9.18. The second-order valence-corrected chi connectivity index (χ2v) is 10.1. The van der Waals surface area contributed by atoms with Gasteiger partial charge < -0.3 is 19.9 Å². The van der Waals surface area contributed by atoms with Gasteiger partial charge in [0.2, 0.25) is 11.8 Å². The number of fused-ring (bicyclic) bond motifs is 1. The summed E-state index contributed by atoms with van der Waals surface area (Å²) in [5, 5.41) is 2.57. The molecule has 0 unspecified atom stereocenters. The van der Waals surface area contributed by atoms with Gasteiger partial charge in [0.15, 0.2) is 0 Å². The van der Waals surface area contributed by atoms with Gasteiger partial charge in [-0.2, -0.15) is 0 Å². The summed E-state index contributed by atoms with van der Waals surface area (Å²) >= 11 is 3.29.